The first-order valence-electron chi connectivity index (χ1n) is 3.95. The molecular formula is C8H12N2O2. The highest BCUT2D eigenvalue weighted by Gasteiger charge is 2.40. The molecule has 1 aliphatic heterocycles. The molecule has 1 fully saturated rings. The lowest BCUT2D eigenvalue weighted by Gasteiger charge is -2.27. The monoisotopic (exact) mass is 168 g/mol. The third kappa shape index (κ3) is 1.41. The molecular weight excluding hydrogens is 156 g/mol. The minimum atomic E-state index is -0.889. The number of rotatable bonds is 1. The third-order valence-corrected chi connectivity index (χ3v) is 2.25. The third-order valence-electron chi connectivity index (χ3n) is 2.25. The van der Waals surface area contributed by atoms with Gasteiger partial charge in [0.15, 0.2) is 5.41 Å². The standard InChI is InChI=1S/C8H12N2O2/c1-12-7(11)8(6-9)2-4-10-5-3-8/h10H,2-5H2,1H3. The Morgan fingerprint density at radius 1 is 1.58 bits per heavy atom. The maximum atomic E-state index is 11.2. The van der Waals surface area contributed by atoms with Crippen molar-refractivity contribution in [3.63, 3.8) is 0 Å². The first-order chi connectivity index (χ1) is 5.75. The van der Waals surface area contributed by atoms with Crippen LogP contribution in [0.2, 0.25) is 0 Å². The van der Waals surface area contributed by atoms with Gasteiger partial charge in [-0.25, -0.2) is 0 Å². The number of carbonyl (C=O) groups excluding carboxylic acids is 1. The topological polar surface area (TPSA) is 62.1 Å². The van der Waals surface area contributed by atoms with E-state index in [1.165, 1.54) is 7.11 Å². The predicted molar refractivity (Wildman–Crippen MR) is 42.2 cm³/mol. The van der Waals surface area contributed by atoms with Crippen LogP contribution < -0.4 is 5.32 Å². The molecule has 0 unspecified atom stereocenters. The van der Waals surface area contributed by atoms with Gasteiger partial charge < -0.3 is 10.1 Å². The van der Waals surface area contributed by atoms with Crippen molar-refractivity contribution in [3.8, 4) is 6.07 Å². The number of nitriles is 1. The molecule has 0 radical (unpaired) electrons. The molecule has 0 amide bonds. The molecule has 0 aromatic carbocycles. The minimum Gasteiger partial charge on any atom is -0.468 e. The molecule has 66 valence electrons. The van der Waals surface area contributed by atoms with E-state index in [0.29, 0.717) is 25.9 Å². The van der Waals surface area contributed by atoms with Crippen LogP contribution >= 0.6 is 0 Å². The molecule has 0 bridgehead atoms. The van der Waals surface area contributed by atoms with Crippen molar-refractivity contribution < 1.29 is 9.53 Å². The molecule has 0 atom stereocenters. The normalized spacial score (nSPS) is 21.0. The lowest BCUT2D eigenvalue weighted by atomic mass is 9.80. The molecule has 0 spiro atoms. The molecule has 4 nitrogen and oxygen atoms in total. The van der Waals surface area contributed by atoms with E-state index >= 15 is 0 Å². The van der Waals surface area contributed by atoms with E-state index in [4.69, 9.17) is 5.26 Å². The van der Waals surface area contributed by atoms with Crippen molar-refractivity contribution in [1.82, 2.24) is 5.32 Å². The zero-order valence-corrected chi connectivity index (χ0v) is 7.09. The minimum absolute atomic E-state index is 0.397. The maximum absolute atomic E-state index is 11.2. The van der Waals surface area contributed by atoms with E-state index in [0.717, 1.165) is 0 Å². The molecule has 0 aliphatic carbocycles. The Kier molecular flexibility index (Phi) is 2.66. The fourth-order valence-corrected chi connectivity index (χ4v) is 1.41. The average molecular weight is 168 g/mol. The van der Waals surface area contributed by atoms with Gasteiger partial charge in [0.25, 0.3) is 0 Å². The van der Waals surface area contributed by atoms with E-state index < -0.39 is 11.4 Å². The summed E-state index contributed by atoms with van der Waals surface area (Å²) >= 11 is 0. The zero-order valence-electron chi connectivity index (χ0n) is 7.09. The number of carbonyl (C=O) groups is 1. The highest BCUT2D eigenvalue weighted by molar-refractivity contribution is 5.80. The van der Waals surface area contributed by atoms with Crippen molar-refractivity contribution >= 4 is 5.97 Å². The summed E-state index contributed by atoms with van der Waals surface area (Å²) in [6.07, 6.45) is 1.10. The molecule has 1 rings (SSSR count). The number of nitrogens with zero attached hydrogens (tertiary/aromatic N) is 1. The van der Waals surface area contributed by atoms with Crippen molar-refractivity contribution in [2.45, 2.75) is 12.8 Å². The second-order valence-corrected chi connectivity index (χ2v) is 2.94. The molecule has 1 aliphatic rings. The van der Waals surface area contributed by atoms with Gasteiger partial charge in [-0.05, 0) is 25.9 Å². The Morgan fingerprint density at radius 3 is 2.58 bits per heavy atom. The zero-order chi connectivity index (χ0) is 9.03. The van der Waals surface area contributed by atoms with Crippen LogP contribution in [0.1, 0.15) is 12.8 Å². The first-order valence-corrected chi connectivity index (χ1v) is 3.95. The van der Waals surface area contributed by atoms with Crippen LogP contribution in [-0.2, 0) is 9.53 Å². The summed E-state index contributed by atoms with van der Waals surface area (Å²) in [5, 5.41) is 12.0. The van der Waals surface area contributed by atoms with Crippen molar-refractivity contribution in [3.05, 3.63) is 0 Å². The maximum Gasteiger partial charge on any atom is 0.326 e. The summed E-state index contributed by atoms with van der Waals surface area (Å²) < 4.78 is 4.59. The Bertz CT molecular complexity index is 214. The smallest absolute Gasteiger partial charge is 0.326 e. The molecule has 0 aromatic rings. The molecule has 1 heterocycles. The van der Waals surface area contributed by atoms with Crippen molar-refractivity contribution in [2.75, 3.05) is 20.2 Å². The van der Waals surface area contributed by atoms with Crippen LogP contribution in [0.4, 0.5) is 0 Å². The fraction of sp³-hybridized carbons (Fsp3) is 0.750. The lowest BCUT2D eigenvalue weighted by Crippen LogP contribution is -2.41. The summed E-state index contributed by atoms with van der Waals surface area (Å²) in [5.74, 6) is -0.397. The second kappa shape index (κ2) is 3.55. The number of hydrogen-bond donors (Lipinski definition) is 1. The van der Waals surface area contributed by atoms with Gasteiger partial charge in [-0.2, -0.15) is 5.26 Å². The second-order valence-electron chi connectivity index (χ2n) is 2.94. The first kappa shape index (κ1) is 9.01. The highest BCUT2D eigenvalue weighted by atomic mass is 16.5. The number of piperidine rings is 1. The molecule has 12 heavy (non-hydrogen) atoms. The summed E-state index contributed by atoms with van der Waals surface area (Å²) in [6, 6.07) is 2.05. The van der Waals surface area contributed by atoms with Gasteiger partial charge in [0, 0.05) is 0 Å². The van der Waals surface area contributed by atoms with E-state index in [1.807, 2.05) is 0 Å². The molecule has 0 aromatic heterocycles. The van der Waals surface area contributed by atoms with E-state index in [-0.39, 0.29) is 0 Å². The van der Waals surface area contributed by atoms with Crippen molar-refractivity contribution in [1.29, 1.82) is 5.26 Å². The van der Waals surface area contributed by atoms with Crippen LogP contribution in [0.3, 0.4) is 0 Å². The fourth-order valence-electron chi connectivity index (χ4n) is 1.41. The van der Waals surface area contributed by atoms with Gasteiger partial charge in [-0.3, -0.25) is 4.79 Å². The summed E-state index contributed by atoms with van der Waals surface area (Å²) in [5.41, 5.74) is -0.889. The summed E-state index contributed by atoms with van der Waals surface area (Å²) in [4.78, 5) is 11.2. The summed E-state index contributed by atoms with van der Waals surface area (Å²) in [7, 11) is 1.32. The SMILES string of the molecule is COC(=O)C1(C#N)CCNCC1. The molecule has 4 heteroatoms. The number of esters is 1. The van der Waals surface area contributed by atoms with Crippen LogP contribution in [0, 0.1) is 16.7 Å². The number of ether oxygens (including phenoxy) is 1. The van der Waals surface area contributed by atoms with Gasteiger partial charge >= 0.3 is 5.97 Å². The molecule has 1 N–H and O–H groups in total. The number of hydrogen-bond acceptors (Lipinski definition) is 4. The quantitative estimate of drug-likeness (QED) is 0.562. The van der Waals surface area contributed by atoms with Gasteiger partial charge in [0.2, 0.25) is 0 Å². The van der Waals surface area contributed by atoms with Gasteiger partial charge in [-0.15, -0.1) is 0 Å². The Labute approximate surface area is 71.5 Å². The predicted octanol–water partition coefficient (Wildman–Crippen LogP) is 0.0528. The Balaban J connectivity index is 2.74. The lowest BCUT2D eigenvalue weighted by molar-refractivity contribution is -0.150. The Morgan fingerprint density at radius 2 is 2.17 bits per heavy atom. The Hall–Kier alpha value is -1.08. The van der Waals surface area contributed by atoms with Gasteiger partial charge in [0.1, 0.15) is 0 Å². The molecule has 0 saturated carbocycles. The summed E-state index contributed by atoms with van der Waals surface area (Å²) in [6.45, 7) is 1.42. The van der Waals surface area contributed by atoms with Crippen LogP contribution in [0.15, 0.2) is 0 Å². The molecule has 1 saturated heterocycles. The number of methoxy groups -OCH3 is 1. The average Bonchev–Trinajstić information content (AvgIpc) is 2.17. The van der Waals surface area contributed by atoms with E-state index in [9.17, 15) is 4.79 Å². The van der Waals surface area contributed by atoms with E-state index in [1.54, 1.807) is 0 Å². The van der Waals surface area contributed by atoms with Crippen LogP contribution in [0.25, 0.3) is 0 Å². The van der Waals surface area contributed by atoms with Crippen LogP contribution in [0.5, 0.6) is 0 Å². The van der Waals surface area contributed by atoms with Crippen LogP contribution in [-0.4, -0.2) is 26.2 Å². The largest absolute Gasteiger partial charge is 0.468 e. The van der Waals surface area contributed by atoms with E-state index in [2.05, 4.69) is 16.1 Å². The van der Waals surface area contributed by atoms with Gasteiger partial charge in [-0.1, -0.05) is 0 Å². The van der Waals surface area contributed by atoms with Crippen molar-refractivity contribution in [2.24, 2.45) is 5.41 Å². The highest BCUT2D eigenvalue weighted by Crippen LogP contribution is 2.28. The number of nitrogens with one attached hydrogen (secondary N) is 1. The van der Waals surface area contributed by atoms with Gasteiger partial charge in [0.05, 0.1) is 13.2 Å².